The number of benzene rings is 3. The van der Waals surface area contributed by atoms with E-state index in [0.29, 0.717) is 21.7 Å². The zero-order valence-electron chi connectivity index (χ0n) is 22.9. The highest BCUT2D eigenvalue weighted by Gasteiger charge is 2.35. The third-order valence-corrected chi connectivity index (χ3v) is 7.39. The third-order valence-electron chi connectivity index (χ3n) is 6.25. The van der Waals surface area contributed by atoms with Gasteiger partial charge in [-0.05, 0) is 48.4 Å². The minimum atomic E-state index is -4.72. The van der Waals surface area contributed by atoms with Gasteiger partial charge in [-0.2, -0.15) is 13.2 Å². The van der Waals surface area contributed by atoms with E-state index in [-0.39, 0.29) is 25.2 Å². The number of carbonyl (C=O) groups is 2. The number of methoxy groups -OCH3 is 1. The number of alkyl halides is 3. The Morgan fingerprint density at radius 2 is 1.61 bits per heavy atom. The lowest BCUT2D eigenvalue weighted by molar-refractivity contribution is -0.140. The van der Waals surface area contributed by atoms with Crippen LogP contribution in [0.15, 0.2) is 78.9 Å². The lowest BCUT2D eigenvalue weighted by Crippen LogP contribution is -2.53. The van der Waals surface area contributed by atoms with E-state index in [4.69, 9.17) is 4.74 Å². The summed E-state index contributed by atoms with van der Waals surface area (Å²) in [6, 6.07) is 18.5. The molecule has 1 N–H and O–H groups in total. The molecule has 1 unspecified atom stereocenters. The molecule has 41 heavy (non-hydrogen) atoms. The number of nitrogens with one attached hydrogen (secondary N) is 1. The maximum atomic E-state index is 13.9. The highest BCUT2D eigenvalue weighted by Crippen LogP contribution is 2.32. The minimum Gasteiger partial charge on any atom is -0.497 e. The molecule has 0 aliphatic rings. The van der Waals surface area contributed by atoms with Crippen LogP contribution in [0.5, 0.6) is 5.75 Å². The number of rotatable bonds is 12. The van der Waals surface area contributed by atoms with Crippen LogP contribution in [0.1, 0.15) is 23.6 Å². The number of nitrogens with zero attached hydrogens (tertiary/aromatic N) is 2. The second-order valence-electron chi connectivity index (χ2n) is 9.29. The molecule has 0 radical (unpaired) electrons. The van der Waals surface area contributed by atoms with Crippen LogP contribution >= 0.6 is 0 Å². The molecule has 0 aliphatic heterocycles. The summed E-state index contributed by atoms with van der Waals surface area (Å²) in [6.07, 6.45) is -3.80. The van der Waals surface area contributed by atoms with Gasteiger partial charge in [0.15, 0.2) is 0 Å². The molecule has 0 saturated heterocycles. The summed E-state index contributed by atoms with van der Waals surface area (Å²) in [7, 11) is -2.73. The minimum absolute atomic E-state index is 0.0924. The van der Waals surface area contributed by atoms with Gasteiger partial charge in [0.25, 0.3) is 0 Å². The predicted octanol–water partition coefficient (Wildman–Crippen LogP) is 4.26. The number of hydrogen-bond donors (Lipinski definition) is 1. The molecule has 3 aromatic rings. The summed E-state index contributed by atoms with van der Waals surface area (Å²) in [5.41, 5.74) is -0.0293. The van der Waals surface area contributed by atoms with Crippen molar-refractivity contribution in [1.29, 1.82) is 0 Å². The van der Waals surface area contributed by atoms with Crippen LogP contribution in [0.3, 0.4) is 0 Å². The lowest BCUT2D eigenvalue weighted by Gasteiger charge is -2.33. The maximum absolute atomic E-state index is 13.9. The number of amides is 2. The van der Waals surface area contributed by atoms with E-state index in [2.05, 4.69) is 5.32 Å². The molecule has 3 aromatic carbocycles. The zero-order chi connectivity index (χ0) is 30.2. The van der Waals surface area contributed by atoms with Crippen LogP contribution in [0.2, 0.25) is 0 Å². The molecule has 0 bridgehead atoms. The van der Waals surface area contributed by atoms with Crippen molar-refractivity contribution >= 4 is 27.5 Å². The second-order valence-corrected chi connectivity index (χ2v) is 11.2. The van der Waals surface area contributed by atoms with Crippen LogP contribution in [0, 0.1) is 0 Å². The number of hydrogen-bond acceptors (Lipinski definition) is 5. The van der Waals surface area contributed by atoms with Gasteiger partial charge in [-0.1, -0.05) is 48.5 Å². The summed E-state index contributed by atoms with van der Waals surface area (Å²) in [5.74, 6) is -0.727. The highest BCUT2D eigenvalue weighted by molar-refractivity contribution is 7.92. The molecule has 0 aliphatic carbocycles. The van der Waals surface area contributed by atoms with E-state index in [1.165, 1.54) is 18.1 Å². The van der Waals surface area contributed by atoms with E-state index < -0.39 is 46.2 Å². The summed E-state index contributed by atoms with van der Waals surface area (Å²) in [6.45, 7) is 1.09. The molecule has 8 nitrogen and oxygen atoms in total. The van der Waals surface area contributed by atoms with Crippen LogP contribution in [-0.4, -0.2) is 57.6 Å². The third kappa shape index (κ3) is 8.71. The van der Waals surface area contributed by atoms with Crippen LogP contribution in [-0.2, 0) is 38.8 Å². The highest BCUT2D eigenvalue weighted by atomic mass is 32.2. The van der Waals surface area contributed by atoms with Gasteiger partial charge in [0, 0.05) is 19.5 Å². The number of ether oxygens (including phenoxy) is 1. The van der Waals surface area contributed by atoms with Crippen LogP contribution in [0.25, 0.3) is 0 Å². The maximum Gasteiger partial charge on any atom is 0.416 e. The number of anilines is 1. The molecule has 220 valence electrons. The van der Waals surface area contributed by atoms with Gasteiger partial charge in [0.1, 0.15) is 18.3 Å². The number of likely N-dealkylation sites (N-methyl/N-ethyl adjacent to an activating group) is 1. The molecule has 0 spiro atoms. The normalized spacial score (nSPS) is 12.3. The monoisotopic (exact) mass is 591 g/mol. The SMILES string of the molecule is CCNC(=O)C(Cc1ccccc1)N(Cc1cccc(OC)c1)C(=O)CN(c1cccc(C(F)(F)F)c1)S(C)(=O)=O. The molecular formula is C29H32F3N3O5S. The van der Waals surface area contributed by atoms with E-state index in [1.807, 2.05) is 6.07 Å². The van der Waals surface area contributed by atoms with Crippen molar-refractivity contribution in [3.63, 3.8) is 0 Å². The fourth-order valence-corrected chi connectivity index (χ4v) is 5.11. The summed E-state index contributed by atoms with van der Waals surface area (Å²) >= 11 is 0. The summed E-state index contributed by atoms with van der Waals surface area (Å²) in [5, 5.41) is 2.73. The molecule has 0 aromatic heterocycles. The van der Waals surface area contributed by atoms with Crippen molar-refractivity contribution < 1.29 is 35.9 Å². The first-order valence-corrected chi connectivity index (χ1v) is 14.6. The van der Waals surface area contributed by atoms with Gasteiger partial charge in [-0.15, -0.1) is 0 Å². The van der Waals surface area contributed by atoms with Crippen LogP contribution in [0.4, 0.5) is 18.9 Å². The molecule has 0 heterocycles. The second kappa shape index (κ2) is 13.5. The van der Waals surface area contributed by atoms with Gasteiger partial charge < -0.3 is 15.0 Å². The fraction of sp³-hybridized carbons (Fsp3) is 0.310. The van der Waals surface area contributed by atoms with Crippen molar-refractivity contribution in [2.45, 2.75) is 32.1 Å². The molecular weight excluding hydrogens is 559 g/mol. The average molecular weight is 592 g/mol. The van der Waals surface area contributed by atoms with E-state index in [1.54, 1.807) is 55.5 Å². The van der Waals surface area contributed by atoms with Crippen LogP contribution < -0.4 is 14.4 Å². The first-order chi connectivity index (χ1) is 19.3. The van der Waals surface area contributed by atoms with Gasteiger partial charge in [0.05, 0.1) is 24.6 Å². The Labute approximate surface area is 237 Å². The van der Waals surface area contributed by atoms with Gasteiger partial charge in [-0.25, -0.2) is 8.42 Å². The Kier molecular flexibility index (Phi) is 10.4. The zero-order valence-corrected chi connectivity index (χ0v) is 23.7. The topological polar surface area (TPSA) is 96.0 Å². The smallest absolute Gasteiger partial charge is 0.416 e. The van der Waals surface area contributed by atoms with Crippen molar-refractivity contribution in [2.75, 3.05) is 30.8 Å². The first-order valence-electron chi connectivity index (χ1n) is 12.7. The van der Waals surface area contributed by atoms with E-state index >= 15 is 0 Å². The Morgan fingerprint density at radius 1 is 0.951 bits per heavy atom. The largest absolute Gasteiger partial charge is 0.497 e. The summed E-state index contributed by atoms with van der Waals surface area (Å²) in [4.78, 5) is 28.5. The number of carbonyl (C=O) groups excluding carboxylic acids is 2. The Morgan fingerprint density at radius 3 is 2.22 bits per heavy atom. The van der Waals surface area contributed by atoms with Crippen molar-refractivity contribution in [1.82, 2.24) is 10.2 Å². The van der Waals surface area contributed by atoms with Crippen molar-refractivity contribution in [3.05, 3.63) is 95.6 Å². The predicted molar refractivity (Wildman–Crippen MR) is 150 cm³/mol. The molecule has 1 atom stereocenters. The first kappa shape index (κ1) is 31.5. The fourth-order valence-electron chi connectivity index (χ4n) is 4.26. The molecule has 3 rings (SSSR count). The standard InChI is InChI=1S/C29H32F3N3O5S/c1-4-33-28(37)26(17-21-10-6-5-7-11-21)34(19-22-12-8-15-25(16-22)40-2)27(36)20-35(41(3,38)39)24-14-9-13-23(18-24)29(30,31)32/h5-16,18,26H,4,17,19-20H2,1-3H3,(H,33,37). The van der Waals surface area contributed by atoms with E-state index in [0.717, 1.165) is 24.0 Å². The van der Waals surface area contributed by atoms with Crippen molar-refractivity contribution in [2.24, 2.45) is 0 Å². The number of sulfonamides is 1. The lowest BCUT2D eigenvalue weighted by atomic mass is 10.0. The molecule has 2 amide bonds. The van der Waals surface area contributed by atoms with E-state index in [9.17, 15) is 31.2 Å². The van der Waals surface area contributed by atoms with Crippen molar-refractivity contribution in [3.8, 4) is 5.75 Å². The van der Waals surface area contributed by atoms with Gasteiger partial charge >= 0.3 is 6.18 Å². The van der Waals surface area contributed by atoms with Gasteiger partial charge in [-0.3, -0.25) is 13.9 Å². The quantitative estimate of drug-likeness (QED) is 0.340. The molecule has 0 saturated carbocycles. The van der Waals surface area contributed by atoms with Gasteiger partial charge in [0.2, 0.25) is 21.8 Å². The number of halogens is 3. The Bertz CT molecular complexity index is 1450. The molecule has 12 heteroatoms. The summed E-state index contributed by atoms with van der Waals surface area (Å²) < 4.78 is 71.6. The average Bonchev–Trinajstić information content (AvgIpc) is 2.93. The molecule has 0 fully saturated rings. The Balaban J connectivity index is 2.08. The Hall–Kier alpha value is -4.06.